The molecular formula is C26H29NO5. The maximum atomic E-state index is 11.8. The summed E-state index contributed by atoms with van der Waals surface area (Å²) >= 11 is 0. The molecule has 0 aromatic heterocycles. The monoisotopic (exact) mass is 435 g/mol. The Balaban J connectivity index is 1.33. The molecule has 2 unspecified atom stereocenters. The van der Waals surface area contributed by atoms with Gasteiger partial charge in [-0.25, -0.2) is 9.59 Å². The topological polar surface area (TPSA) is 65.1 Å². The Kier molecular flexibility index (Phi) is 6.44. The van der Waals surface area contributed by atoms with Crippen molar-refractivity contribution in [2.24, 2.45) is 0 Å². The summed E-state index contributed by atoms with van der Waals surface area (Å²) in [7, 11) is 0. The molecule has 0 bridgehead atoms. The van der Waals surface area contributed by atoms with E-state index in [2.05, 4.69) is 69.3 Å². The van der Waals surface area contributed by atoms with Gasteiger partial charge in [0.25, 0.3) is 0 Å². The summed E-state index contributed by atoms with van der Waals surface area (Å²) in [5, 5.41) is 1.42. The first-order valence-corrected chi connectivity index (χ1v) is 11.0. The number of rotatable bonds is 4. The second-order valence-corrected chi connectivity index (χ2v) is 9.26. The van der Waals surface area contributed by atoms with Crippen LogP contribution in [0.5, 0.6) is 0 Å². The smallest absolute Gasteiger partial charge is 0.350 e. The Bertz CT molecular complexity index is 988. The van der Waals surface area contributed by atoms with Crippen LogP contribution in [0.2, 0.25) is 0 Å². The summed E-state index contributed by atoms with van der Waals surface area (Å²) < 4.78 is 11.4. The van der Waals surface area contributed by atoms with E-state index in [1.165, 1.54) is 21.8 Å². The van der Waals surface area contributed by atoms with Crippen LogP contribution in [0.1, 0.15) is 44.7 Å². The average Bonchev–Trinajstić information content (AvgIpc) is 2.77. The van der Waals surface area contributed by atoms with Crippen molar-refractivity contribution in [3.8, 4) is 11.1 Å². The predicted octanol–water partition coefficient (Wildman–Crippen LogP) is 4.53. The summed E-state index contributed by atoms with van der Waals surface area (Å²) in [6.07, 6.45) is 2.57. The molecule has 2 aliphatic rings. The third-order valence-corrected chi connectivity index (χ3v) is 5.80. The Morgan fingerprint density at radius 2 is 1.56 bits per heavy atom. The molecule has 0 aliphatic carbocycles. The van der Waals surface area contributed by atoms with Gasteiger partial charge in [-0.1, -0.05) is 74.4 Å². The lowest BCUT2D eigenvalue weighted by Crippen LogP contribution is -2.48. The van der Waals surface area contributed by atoms with Crippen LogP contribution in [0.4, 0.5) is 0 Å². The zero-order valence-electron chi connectivity index (χ0n) is 18.7. The summed E-state index contributed by atoms with van der Waals surface area (Å²) in [4.78, 5) is 28.6. The minimum Gasteiger partial charge on any atom is -0.440 e. The van der Waals surface area contributed by atoms with Gasteiger partial charge in [-0.05, 0) is 34.1 Å². The molecule has 6 heteroatoms. The lowest BCUT2D eigenvalue weighted by Gasteiger charge is -2.36. The van der Waals surface area contributed by atoms with Crippen molar-refractivity contribution >= 4 is 11.9 Å². The number of esters is 1. The minimum absolute atomic E-state index is 0.0872. The molecule has 32 heavy (non-hydrogen) atoms. The summed E-state index contributed by atoms with van der Waals surface area (Å²) in [5.41, 5.74) is 4.89. The fourth-order valence-electron chi connectivity index (χ4n) is 3.86. The van der Waals surface area contributed by atoms with Gasteiger partial charge in [-0.15, -0.1) is 0 Å². The first-order chi connectivity index (χ1) is 15.3. The fraction of sp³-hybridized carbons (Fsp3) is 0.385. The first-order valence-electron chi connectivity index (χ1n) is 11.0. The lowest BCUT2D eigenvalue weighted by atomic mass is 9.86. The van der Waals surface area contributed by atoms with E-state index in [-0.39, 0.29) is 11.5 Å². The molecule has 168 valence electrons. The molecule has 0 radical (unpaired) electrons. The molecule has 4 rings (SSSR count). The molecule has 0 N–H and O–H groups in total. The van der Waals surface area contributed by atoms with E-state index in [1.807, 2.05) is 0 Å². The quantitative estimate of drug-likeness (QED) is 0.658. The molecule has 0 spiro atoms. The number of hydrogen-bond acceptors (Lipinski definition) is 6. The number of carbonyl (C=O) groups excluding carboxylic acids is 2. The van der Waals surface area contributed by atoms with E-state index in [1.54, 1.807) is 0 Å². The number of hydrogen-bond donors (Lipinski definition) is 0. The fourth-order valence-corrected chi connectivity index (χ4v) is 3.86. The van der Waals surface area contributed by atoms with Crippen molar-refractivity contribution in [2.45, 2.75) is 58.0 Å². The highest BCUT2D eigenvalue weighted by Gasteiger charge is 2.35. The standard InChI is InChI=1S/C26H29NO5/c1-26(2,3)21-10-8-20(9-11-21)19-6-4-18(5-7-19)17-30-22-14-15-27-23(16-22)31-24(28)12-13-25(29)32-27/h4-13,22-23H,14-17H2,1-3H3/b13-12+. The minimum atomic E-state index is -0.631. The number of benzene rings is 2. The molecule has 2 aromatic rings. The number of ether oxygens (including phenoxy) is 2. The van der Waals surface area contributed by atoms with Crippen molar-refractivity contribution in [3.05, 3.63) is 71.8 Å². The van der Waals surface area contributed by atoms with Crippen LogP contribution in [0.15, 0.2) is 60.7 Å². The van der Waals surface area contributed by atoms with Crippen LogP contribution in [-0.4, -0.2) is 35.9 Å². The van der Waals surface area contributed by atoms with Gasteiger partial charge in [-0.3, -0.25) is 0 Å². The van der Waals surface area contributed by atoms with Crippen LogP contribution in [0.25, 0.3) is 11.1 Å². The second-order valence-electron chi connectivity index (χ2n) is 9.26. The molecule has 2 heterocycles. The van der Waals surface area contributed by atoms with Gasteiger partial charge in [0, 0.05) is 25.1 Å². The van der Waals surface area contributed by atoms with Gasteiger partial charge < -0.3 is 14.3 Å². The second kappa shape index (κ2) is 9.27. The molecule has 2 aromatic carbocycles. The number of carbonyl (C=O) groups is 2. The van der Waals surface area contributed by atoms with Gasteiger partial charge >= 0.3 is 11.9 Å². The van der Waals surface area contributed by atoms with Gasteiger partial charge in [-0.2, -0.15) is 0 Å². The van der Waals surface area contributed by atoms with Crippen LogP contribution in [0, 0.1) is 0 Å². The zero-order chi connectivity index (χ0) is 22.7. The van der Waals surface area contributed by atoms with E-state index < -0.39 is 18.2 Å². The summed E-state index contributed by atoms with van der Waals surface area (Å²) in [6, 6.07) is 17.1. The Hall–Kier alpha value is -2.96. The van der Waals surface area contributed by atoms with Gasteiger partial charge in [0.15, 0.2) is 6.23 Å². The highest BCUT2D eigenvalue weighted by Crippen LogP contribution is 2.27. The van der Waals surface area contributed by atoms with Gasteiger partial charge in [0.2, 0.25) is 0 Å². The molecule has 0 amide bonds. The van der Waals surface area contributed by atoms with E-state index in [4.69, 9.17) is 14.3 Å². The van der Waals surface area contributed by atoms with Crippen LogP contribution in [0.3, 0.4) is 0 Å². The largest absolute Gasteiger partial charge is 0.440 e. The van der Waals surface area contributed by atoms with Gasteiger partial charge in [0.1, 0.15) is 0 Å². The number of fused-ring (bicyclic) bond motifs is 1. The van der Waals surface area contributed by atoms with Crippen molar-refractivity contribution in [1.29, 1.82) is 0 Å². The van der Waals surface area contributed by atoms with Crippen LogP contribution < -0.4 is 0 Å². The van der Waals surface area contributed by atoms with Crippen molar-refractivity contribution < 1.29 is 23.9 Å². The molecule has 2 aliphatic heterocycles. The van der Waals surface area contributed by atoms with Crippen LogP contribution in [-0.2, 0) is 35.9 Å². The zero-order valence-corrected chi connectivity index (χ0v) is 18.7. The van der Waals surface area contributed by atoms with E-state index in [0.717, 1.165) is 17.7 Å². The third kappa shape index (κ3) is 5.44. The average molecular weight is 436 g/mol. The molecule has 6 nitrogen and oxygen atoms in total. The van der Waals surface area contributed by atoms with Crippen molar-refractivity contribution in [2.75, 3.05) is 6.54 Å². The van der Waals surface area contributed by atoms with E-state index in [0.29, 0.717) is 26.0 Å². The molecule has 1 saturated heterocycles. The highest BCUT2D eigenvalue weighted by atomic mass is 16.7. The Labute approximate surface area is 188 Å². The maximum absolute atomic E-state index is 11.8. The highest BCUT2D eigenvalue weighted by molar-refractivity contribution is 5.92. The maximum Gasteiger partial charge on any atom is 0.350 e. The van der Waals surface area contributed by atoms with Crippen molar-refractivity contribution in [3.63, 3.8) is 0 Å². The summed E-state index contributed by atoms with van der Waals surface area (Å²) in [5.74, 6) is -1.12. The van der Waals surface area contributed by atoms with E-state index in [9.17, 15) is 9.59 Å². The van der Waals surface area contributed by atoms with E-state index >= 15 is 0 Å². The molecule has 0 saturated carbocycles. The lowest BCUT2D eigenvalue weighted by molar-refractivity contribution is -0.258. The Morgan fingerprint density at radius 1 is 0.938 bits per heavy atom. The predicted molar refractivity (Wildman–Crippen MR) is 120 cm³/mol. The third-order valence-electron chi connectivity index (χ3n) is 5.80. The summed E-state index contributed by atoms with van der Waals surface area (Å²) in [6.45, 7) is 7.56. The molecular weight excluding hydrogens is 406 g/mol. The molecule has 1 fully saturated rings. The SMILES string of the molecule is CC(C)(C)c1ccc(-c2ccc(COC3CCN4OC(=O)/C=C/C(=O)OC4C3)cc2)cc1. The number of piperidine rings is 1. The normalized spacial score (nSPS) is 22.8. The molecule has 2 atom stereocenters. The van der Waals surface area contributed by atoms with Gasteiger partial charge in [0.05, 0.1) is 12.7 Å². The number of nitrogens with zero attached hydrogens (tertiary/aromatic N) is 1. The van der Waals surface area contributed by atoms with Crippen molar-refractivity contribution in [1.82, 2.24) is 5.06 Å². The Morgan fingerprint density at radius 3 is 2.22 bits per heavy atom. The van der Waals surface area contributed by atoms with Crippen LogP contribution >= 0.6 is 0 Å². The first kappa shape index (κ1) is 22.2. The number of hydroxylamine groups is 2.